The Kier molecular flexibility index (Phi) is 4.68. The van der Waals surface area contributed by atoms with E-state index in [4.69, 9.17) is 9.47 Å². The summed E-state index contributed by atoms with van der Waals surface area (Å²) in [5, 5.41) is 13.9. The van der Waals surface area contributed by atoms with Crippen LogP contribution in [0.1, 0.15) is 32.3 Å². The molecule has 0 amide bonds. The number of ether oxygens (including phenoxy) is 2. The first-order chi connectivity index (χ1) is 9.42. The van der Waals surface area contributed by atoms with Gasteiger partial charge in [-0.15, -0.1) is 0 Å². The predicted octanol–water partition coefficient (Wildman–Crippen LogP) is 2.10. The van der Waals surface area contributed by atoms with Crippen molar-refractivity contribution >= 4 is 0 Å². The first kappa shape index (κ1) is 15.3. The fourth-order valence-electron chi connectivity index (χ4n) is 2.78. The summed E-state index contributed by atoms with van der Waals surface area (Å²) in [6.45, 7) is 6.01. The molecule has 1 saturated heterocycles. The minimum absolute atomic E-state index is 0.241. The van der Waals surface area contributed by atoms with Gasteiger partial charge in [0.2, 0.25) is 0 Å². The molecule has 0 aliphatic carbocycles. The van der Waals surface area contributed by atoms with Gasteiger partial charge in [-0.2, -0.15) is 0 Å². The van der Waals surface area contributed by atoms with E-state index in [9.17, 15) is 5.11 Å². The molecule has 1 unspecified atom stereocenters. The molecule has 1 heterocycles. The first-order valence-corrected chi connectivity index (χ1v) is 7.13. The molecule has 4 nitrogen and oxygen atoms in total. The van der Waals surface area contributed by atoms with Crippen LogP contribution in [0.15, 0.2) is 24.3 Å². The van der Waals surface area contributed by atoms with Crippen LogP contribution in [0.3, 0.4) is 0 Å². The van der Waals surface area contributed by atoms with Crippen LogP contribution in [0.25, 0.3) is 0 Å². The summed E-state index contributed by atoms with van der Waals surface area (Å²) in [5.41, 5.74) is 0.268. The summed E-state index contributed by atoms with van der Waals surface area (Å²) in [5.74, 6) is 0.860. The third-order valence-electron chi connectivity index (χ3n) is 3.76. The quantitative estimate of drug-likeness (QED) is 0.866. The number of rotatable bonds is 5. The molecule has 4 heteroatoms. The molecule has 1 atom stereocenters. The van der Waals surface area contributed by atoms with Crippen molar-refractivity contribution in [3.8, 4) is 5.75 Å². The van der Waals surface area contributed by atoms with E-state index in [0.717, 1.165) is 12.3 Å². The average molecular weight is 279 g/mol. The topological polar surface area (TPSA) is 50.7 Å². The number of benzene rings is 1. The number of nitrogens with one attached hydrogen (secondary N) is 1. The lowest BCUT2D eigenvalue weighted by Crippen LogP contribution is -2.51. The van der Waals surface area contributed by atoms with Crippen molar-refractivity contribution in [2.45, 2.75) is 44.4 Å². The van der Waals surface area contributed by atoms with Crippen molar-refractivity contribution in [1.82, 2.24) is 5.32 Å². The van der Waals surface area contributed by atoms with E-state index in [0.29, 0.717) is 26.0 Å². The highest BCUT2D eigenvalue weighted by Gasteiger charge is 2.38. The zero-order valence-electron chi connectivity index (χ0n) is 12.6. The van der Waals surface area contributed by atoms with Gasteiger partial charge < -0.3 is 19.9 Å². The second kappa shape index (κ2) is 6.12. The molecule has 0 spiro atoms. The molecule has 2 rings (SSSR count). The lowest BCUT2D eigenvalue weighted by molar-refractivity contribution is -0.142. The van der Waals surface area contributed by atoms with Gasteiger partial charge in [0.25, 0.3) is 0 Å². The lowest BCUT2D eigenvalue weighted by atomic mass is 9.84. The van der Waals surface area contributed by atoms with Gasteiger partial charge in [0.15, 0.2) is 0 Å². The van der Waals surface area contributed by atoms with Crippen LogP contribution in [0.5, 0.6) is 5.75 Å². The van der Waals surface area contributed by atoms with Crippen molar-refractivity contribution in [1.29, 1.82) is 0 Å². The Labute approximate surface area is 121 Å². The molecule has 0 aromatic heterocycles. The van der Waals surface area contributed by atoms with E-state index in [1.54, 1.807) is 7.11 Å². The van der Waals surface area contributed by atoms with E-state index in [1.807, 2.05) is 38.1 Å². The van der Waals surface area contributed by atoms with Crippen LogP contribution in [-0.4, -0.2) is 36.6 Å². The Morgan fingerprint density at radius 2 is 2.00 bits per heavy atom. The molecule has 1 aliphatic rings. The first-order valence-electron chi connectivity index (χ1n) is 7.13. The van der Waals surface area contributed by atoms with Crippen LogP contribution in [0.2, 0.25) is 0 Å². The summed E-state index contributed by atoms with van der Waals surface area (Å²) < 4.78 is 10.8. The normalized spacial score (nSPS) is 25.4. The van der Waals surface area contributed by atoms with Gasteiger partial charge in [-0.05, 0) is 31.5 Å². The number of methoxy groups -OCH3 is 1. The SMILES string of the molecule is COc1ccc(CNCC2(O)CCOC(C)(C)C2)cc1. The van der Waals surface area contributed by atoms with E-state index < -0.39 is 5.60 Å². The molecular formula is C16H25NO3. The molecule has 20 heavy (non-hydrogen) atoms. The van der Waals surface area contributed by atoms with Gasteiger partial charge in [-0.1, -0.05) is 12.1 Å². The zero-order valence-corrected chi connectivity index (χ0v) is 12.6. The molecule has 1 aromatic carbocycles. The zero-order chi connectivity index (χ0) is 14.6. The second-order valence-electron chi connectivity index (χ2n) is 6.21. The fraction of sp³-hybridized carbons (Fsp3) is 0.625. The minimum atomic E-state index is -0.672. The summed E-state index contributed by atoms with van der Waals surface area (Å²) in [6.07, 6.45) is 1.35. The van der Waals surface area contributed by atoms with Crippen molar-refractivity contribution in [2.75, 3.05) is 20.3 Å². The molecule has 1 aromatic rings. The molecule has 0 saturated carbocycles. The summed E-state index contributed by atoms with van der Waals surface area (Å²) >= 11 is 0. The standard InChI is InChI=1S/C16H25NO3/c1-15(2)11-16(18,8-9-20-15)12-17-10-13-4-6-14(19-3)7-5-13/h4-7,17-18H,8-12H2,1-3H3. The maximum atomic E-state index is 10.6. The monoisotopic (exact) mass is 279 g/mol. The van der Waals surface area contributed by atoms with Crippen molar-refractivity contribution in [3.05, 3.63) is 29.8 Å². The molecular weight excluding hydrogens is 254 g/mol. The maximum absolute atomic E-state index is 10.6. The van der Waals surface area contributed by atoms with Gasteiger partial charge in [-0.25, -0.2) is 0 Å². The van der Waals surface area contributed by atoms with E-state index in [1.165, 1.54) is 5.56 Å². The van der Waals surface area contributed by atoms with Gasteiger partial charge in [-0.3, -0.25) is 0 Å². The van der Waals surface area contributed by atoms with Crippen LogP contribution in [-0.2, 0) is 11.3 Å². The van der Waals surface area contributed by atoms with Crippen molar-refractivity contribution < 1.29 is 14.6 Å². The molecule has 112 valence electrons. The van der Waals surface area contributed by atoms with Gasteiger partial charge >= 0.3 is 0 Å². The fourth-order valence-corrected chi connectivity index (χ4v) is 2.78. The van der Waals surface area contributed by atoms with Gasteiger partial charge in [0.1, 0.15) is 5.75 Å². The van der Waals surface area contributed by atoms with Crippen LogP contribution < -0.4 is 10.1 Å². The number of aliphatic hydroxyl groups is 1. The van der Waals surface area contributed by atoms with E-state index in [2.05, 4.69) is 5.32 Å². The third kappa shape index (κ3) is 4.20. The Morgan fingerprint density at radius 3 is 2.60 bits per heavy atom. The average Bonchev–Trinajstić information content (AvgIpc) is 2.38. The van der Waals surface area contributed by atoms with Crippen LogP contribution in [0, 0.1) is 0 Å². The van der Waals surface area contributed by atoms with E-state index >= 15 is 0 Å². The minimum Gasteiger partial charge on any atom is -0.497 e. The summed E-state index contributed by atoms with van der Waals surface area (Å²) in [7, 11) is 1.66. The molecule has 1 aliphatic heterocycles. The number of hydrogen-bond acceptors (Lipinski definition) is 4. The van der Waals surface area contributed by atoms with E-state index in [-0.39, 0.29) is 5.60 Å². The second-order valence-corrected chi connectivity index (χ2v) is 6.21. The Morgan fingerprint density at radius 1 is 1.30 bits per heavy atom. The molecule has 1 fully saturated rings. The summed E-state index contributed by atoms with van der Waals surface area (Å²) in [6, 6.07) is 7.96. The third-order valence-corrected chi connectivity index (χ3v) is 3.76. The number of hydrogen-bond donors (Lipinski definition) is 2. The summed E-state index contributed by atoms with van der Waals surface area (Å²) in [4.78, 5) is 0. The van der Waals surface area contributed by atoms with Gasteiger partial charge in [0, 0.05) is 25.9 Å². The highest BCUT2D eigenvalue weighted by Crippen LogP contribution is 2.31. The lowest BCUT2D eigenvalue weighted by Gasteiger charge is -2.41. The Balaban J connectivity index is 1.82. The molecule has 2 N–H and O–H groups in total. The molecule has 0 bridgehead atoms. The largest absolute Gasteiger partial charge is 0.497 e. The van der Waals surface area contributed by atoms with Crippen molar-refractivity contribution in [3.63, 3.8) is 0 Å². The Bertz CT molecular complexity index is 430. The van der Waals surface area contributed by atoms with Crippen molar-refractivity contribution in [2.24, 2.45) is 0 Å². The van der Waals surface area contributed by atoms with Crippen LogP contribution >= 0.6 is 0 Å². The highest BCUT2D eigenvalue weighted by atomic mass is 16.5. The predicted molar refractivity (Wildman–Crippen MR) is 78.9 cm³/mol. The Hall–Kier alpha value is -1.10. The molecule has 0 radical (unpaired) electrons. The highest BCUT2D eigenvalue weighted by molar-refractivity contribution is 5.27. The van der Waals surface area contributed by atoms with Crippen LogP contribution in [0.4, 0.5) is 0 Å². The smallest absolute Gasteiger partial charge is 0.118 e. The maximum Gasteiger partial charge on any atom is 0.118 e. The van der Waals surface area contributed by atoms with Gasteiger partial charge in [0.05, 0.1) is 24.9 Å².